The lowest BCUT2D eigenvalue weighted by Gasteiger charge is -2.50. The van der Waals surface area contributed by atoms with Crippen molar-refractivity contribution in [3.63, 3.8) is 0 Å². The first kappa shape index (κ1) is 24.1. The van der Waals surface area contributed by atoms with Gasteiger partial charge in [-0.1, -0.05) is 16.8 Å². The Hall–Kier alpha value is -3.04. The third-order valence-electron chi connectivity index (χ3n) is 5.16. The maximum Gasteiger partial charge on any atom is 0.405 e. The van der Waals surface area contributed by atoms with E-state index in [1.54, 1.807) is 29.1 Å². The molecule has 4 rings (SSSR count). The number of rotatable bonds is 6. The Bertz CT molecular complexity index is 1220. The number of carbonyl (C=O) groups excluding carboxylic acids is 3. The van der Waals surface area contributed by atoms with E-state index in [9.17, 15) is 14.4 Å². The van der Waals surface area contributed by atoms with E-state index < -0.39 is 17.9 Å². The van der Waals surface area contributed by atoms with Gasteiger partial charge >= 0.3 is 11.1 Å². The maximum atomic E-state index is 12.9. The molecule has 34 heavy (non-hydrogen) atoms. The van der Waals surface area contributed by atoms with Crippen molar-refractivity contribution in [3.05, 3.63) is 34.6 Å². The molecule has 3 N–H and O–H groups in total. The lowest BCUT2D eigenvalue weighted by molar-refractivity contribution is -0.442. The highest BCUT2D eigenvalue weighted by Crippen LogP contribution is 2.41. The van der Waals surface area contributed by atoms with E-state index in [0.29, 0.717) is 21.8 Å². The highest BCUT2D eigenvalue weighted by molar-refractivity contribution is 8.13. The molecule has 4 heterocycles. The van der Waals surface area contributed by atoms with Crippen LogP contribution >= 0.6 is 34.9 Å². The van der Waals surface area contributed by atoms with Gasteiger partial charge in [-0.25, -0.2) is 9.78 Å². The second-order valence-corrected chi connectivity index (χ2v) is 10.2. The Morgan fingerprint density at radius 3 is 2.94 bits per heavy atom. The van der Waals surface area contributed by atoms with Crippen LogP contribution in [0.1, 0.15) is 12.6 Å². The van der Waals surface area contributed by atoms with Crippen LogP contribution in [0.2, 0.25) is 0 Å². The average Bonchev–Trinajstić information content (AvgIpc) is 3.23. The summed E-state index contributed by atoms with van der Waals surface area (Å²) in [5.74, 6) is -0.0371. The van der Waals surface area contributed by atoms with E-state index in [1.165, 1.54) is 34.9 Å². The summed E-state index contributed by atoms with van der Waals surface area (Å²) in [5, 5.41) is 12.7. The van der Waals surface area contributed by atoms with Gasteiger partial charge in [0.05, 0.1) is 0 Å². The maximum absolute atomic E-state index is 12.9. The van der Waals surface area contributed by atoms with E-state index >= 15 is 0 Å². The smallest absolute Gasteiger partial charge is 0.398 e. The second-order valence-electron chi connectivity index (χ2n) is 7.30. The quantitative estimate of drug-likeness (QED) is 0.185. The van der Waals surface area contributed by atoms with Crippen molar-refractivity contribution in [2.45, 2.75) is 18.3 Å². The van der Waals surface area contributed by atoms with Crippen molar-refractivity contribution >= 4 is 68.6 Å². The molecule has 3 amide bonds. The molecule has 15 heteroatoms. The molecule has 0 spiro atoms. The van der Waals surface area contributed by atoms with Gasteiger partial charge in [-0.2, -0.15) is 0 Å². The molecular weight excluding hydrogens is 500 g/mol. The SMILES string of the molecule is C=C1N=[N+](C)C(SCC2=C(C)N3C(=O)[C@@H](NC(=O)/C(=N/OC)c4csc(N)n4)[C@H]3SC2)=NC1=O. The van der Waals surface area contributed by atoms with Gasteiger partial charge in [0.1, 0.15) is 31.3 Å². The highest BCUT2D eigenvalue weighted by Gasteiger charge is 2.52. The topological polar surface area (TPSA) is 155 Å². The number of fused-ring (bicyclic) bond motifs is 1. The van der Waals surface area contributed by atoms with Crippen LogP contribution in [-0.2, 0) is 19.2 Å². The second kappa shape index (κ2) is 9.68. The van der Waals surface area contributed by atoms with Crippen molar-refractivity contribution in [1.29, 1.82) is 0 Å². The highest BCUT2D eigenvalue weighted by atomic mass is 32.2. The molecule has 1 fully saturated rings. The van der Waals surface area contributed by atoms with Crippen LogP contribution in [0.3, 0.4) is 0 Å². The van der Waals surface area contributed by atoms with Crippen molar-refractivity contribution < 1.29 is 23.9 Å². The van der Waals surface area contributed by atoms with Gasteiger partial charge in [-0.3, -0.25) is 14.5 Å². The van der Waals surface area contributed by atoms with Gasteiger partial charge in [0.15, 0.2) is 16.5 Å². The van der Waals surface area contributed by atoms with Gasteiger partial charge in [0.25, 0.3) is 11.8 Å². The zero-order valence-corrected chi connectivity index (χ0v) is 20.9. The Labute approximate surface area is 207 Å². The first-order valence-electron chi connectivity index (χ1n) is 9.88. The average molecular weight is 522 g/mol. The molecule has 0 saturated carbocycles. The normalized spacial score (nSPS) is 22.7. The number of nitrogen functional groups attached to an aromatic ring is 1. The van der Waals surface area contributed by atoms with Crippen molar-refractivity contribution in [2.75, 3.05) is 31.4 Å². The number of aliphatic imine (C=N–C) groups is 1. The summed E-state index contributed by atoms with van der Waals surface area (Å²) in [6.07, 6.45) is 0. The van der Waals surface area contributed by atoms with Crippen LogP contribution < -0.4 is 11.1 Å². The zero-order chi connectivity index (χ0) is 24.6. The first-order valence-corrected chi connectivity index (χ1v) is 12.8. The number of aromatic nitrogens is 1. The number of amidine groups is 1. The van der Waals surface area contributed by atoms with E-state index in [4.69, 9.17) is 10.6 Å². The Kier molecular flexibility index (Phi) is 6.86. The number of nitrogens with one attached hydrogen (secondary N) is 1. The zero-order valence-electron chi connectivity index (χ0n) is 18.5. The van der Waals surface area contributed by atoms with E-state index in [0.717, 1.165) is 11.3 Å². The molecule has 2 atom stereocenters. The Morgan fingerprint density at radius 2 is 2.26 bits per heavy atom. The van der Waals surface area contributed by atoms with E-state index in [2.05, 4.69) is 32.1 Å². The number of carbonyl (C=O) groups is 3. The largest absolute Gasteiger partial charge is 0.405 e. The number of nitrogens with two attached hydrogens (primary N) is 1. The number of azo groups is 2. The molecule has 1 aromatic heterocycles. The lowest BCUT2D eigenvalue weighted by atomic mass is 10.0. The van der Waals surface area contributed by atoms with Gasteiger partial charge in [0, 0.05) is 27.6 Å². The summed E-state index contributed by atoms with van der Waals surface area (Å²) < 4.78 is 1.51. The Morgan fingerprint density at radius 1 is 1.50 bits per heavy atom. The number of amides is 3. The predicted molar refractivity (Wildman–Crippen MR) is 130 cm³/mol. The monoisotopic (exact) mass is 521 g/mol. The summed E-state index contributed by atoms with van der Waals surface area (Å²) in [5.41, 5.74) is 7.85. The molecule has 0 aromatic carbocycles. The molecular formula is C19H21N8O4S3+. The van der Waals surface area contributed by atoms with Gasteiger partial charge in [-0.05, 0) is 24.3 Å². The van der Waals surface area contributed by atoms with Crippen molar-refractivity contribution in [2.24, 2.45) is 15.3 Å². The van der Waals surface area contributed by atoms with Gasteiger partial charge in [-0.15, -0.1) is 27.8 Å². The van der Waals surface area contributed by atoms with E-state index in [-0.39, 0.29) is 28.4 Å². The lowest BCUT2D eigenvalue weighted by Crippen LogP contribution is -2.70. The molecule has 0 aliphatic carbocycles. The number of nitrogens with zero attached hydrogens (tertiary/aromatic N) is 6. The fourth-order valence-electron chi connectivity index (χ4n) is 3.40. The number of allylic oxidation sites excluding steroid dienone is 1. The number of β-lactam (4-membered cyclic amide) rings is 1. The summed E-state index contributed by atoms with van der Waals surface area (Å²) in [7, 11) is 3.02. The summed E-state index contributed by atoms with van der Waals surface area (Å²) in [4.78, 5) is 52.0. The number of hydrogen-bond acceptors (Lipinski definition) is 11. The Balaban J connectivity index is 1.42. The third kappa shape index (κ3) is 4.50. The van der Waals surface area contributed by atoms with Crippen molar-refractivity contribution in [3.8, 4) is 0 Å². The summed E-state index contributed by atoms with van der Waals surface area (Å²) in [6, 6.07) is -0.698. The number of oxime groups is 1. The van der Waals surface area contributed by atoms with Crippen LogP contribution in [0.15, 0.2) is 44.2 Å². The van der Waals surface area contributed by atoms with Crippen LogP contribution in [-0.4, -0.2) is 80.3 Å². The van der Waals surface area contributed by atoms with Crippen molar-refractivity contribution in [1.82, 2.24) is 15.2 Å². The van der Waals surface area contributed by atoms with Crippen LogP contribution in [0.25, 0.3) is 0 Å². The van der Waals surface area contributed by atoms with Gasteiger partial charge < -0.3 is 15.9 Å². The first-order chi connectivity index (χ1) is 16.2. The molecule has 0 unspecified atom stereocenters. The minimum absolute atomic E-state index is 0.0492. The van der Waals surface area contributed by atoms with E-state index in [1.807, 2.05) is 6.92 Å². The number of thioether (sulfide) groups is 2. The molecule has 12 nitrogen and oxygen atoms in total. The van der Waals surface area contributed by atoms with Gasteiger partial charge in [0.2, 0.25) is 0 Å². The number of hydrogen-bond donors (Lipinski definition) is 2. The molecule has 178 valence electrons. The van der Waals surface area contributed by atoms with Crippen LogP contribution in [0.5, 0.6) is 0 Å². The minimum atomic E-state index is -0.698. The van der Waals surface area contributed by atoms with Crippen LogP contribution in [0.4, 0.5) is 5.13 Å². The summed E-state index contributed by atoms with van der Waals surface area (Å²) in [6.45, 7) is 5.43. The molecule has 0 radical (unpaired) electrons. The molecule has 1 saturated heterocycles. The fraction of sp³-hybridized carbons (Fsp3) is 0.368. The number of thiazole rings is 1. The molecule has 1 aromatic rings. The molecule has 0 bridgehead atoms. The molecule has 3 aliphatic heterocycles. The molecule has 3 aliphatic rings. The van der Waals surface area contributed by atoms with Crippen LogP contribution in [0, 0.1) is 0 Å². The summed E-state index contributed by atoms with van der Waals surface area (Å²) >= 11 is 4.09. The third-order valence-corrected chi connectivity index (χ3v) is 8.28. The predicted octanol–water partition coefficient (Wildman–Crippen LogP) is 0.987. The minimum Gasteiger partial charge on any atom is -0.398 e. The fourth-order valence-corrected chi connectivity index (χ4v) is 6.54. The standard InChI is InChI=1S/C19H20N8O4S3/c1-8-14(28)23-19(26(3)24-8)34-6-10-5-32-17-13(16(30)27(17)9(10)2)22-15(29)12(25-31-4)11-7-33-18(20)21-11/h7,13,17H,1,5-6H2,2-4H3,(H2-,20,21,22,29)/p+1/b25-12+/t13-,17-/m1/s1. The number of anilines is 1.